The minimum atomic E-state index is -4.37. The fourth-order valence-electron chi connectivity index (χ4n) is 3.62. The van der Waals surface area contributed by atoms with Crippen LogP contribution in [0.25, 0.3) is 0 Å². The van der Waals surface area contributed by atoms with Crippen molar-refractivity contribution in [1.82, 2.24) is 10.2 Å². The molecule has 0 spiro atoms. The van der Waals surface area contributed by atoms with E-state index in [1.165, 1.54) is 12.1 Å². The summed E-state index contributed by atoms with van der Waals surface area (Å²) in [5, 5.41) is 3.22. The van der Waals surface area contributed by atoms with E-state index in [-0.39, 0.29) is 6.04 Å². The largest absolute Gasteiger partial charge is 0.489 e. The van der Waals surface area contributed by atoms with Crippen molar-refractivity contribution >= 4 is 0 Å². The van der Waals surface area contributed by atoms with Crippen LogP contribution in [0.3, 0.4) is 0 Å². The lowest BCUT2D eigenvalue weighted by atomic mass is 9.89. The molecule has 1 fully saturated rings. The second-order valence-electron chi connectivity index (χ2n) is 6.58. The first-order chi connectivity index (χ1) is 12.0. The molecular weight excluding hydrogens is 329 g/mol. The Kier molecular flexibility index (Phi) is 3.96. The minimum absolute atomic E-state index is 0.222. The van der Waals surface area contributed by atoms with E-state index < -0.39 is 11.7 Å². The van der Waals surface area contributed by atoms with Crippen LogP contribution in [0.15, 0.2) is 42.5 Å². The molecule has 6 heteroatoms. The summed E-state index contributed by atoms with van der Waals surface area (Å²) in [6.45, 7) is 1.96. The minimum Gasteiger partial charge on any atom is -0.489 e. The first kappa shape index (κ1) is 16.4. The molecule has 0 bridgehead atoms. The summed E-state index contributed by atoms with van der Waals surface area (Å²) < 4.78 is 45.5. The van der Waals surface area contributed by atoms with E-state index >= 15 is 0 Å². The molecule has 4 rings (SSSR count). The molecule has 0 amide bonds. The molecule has 0 aromatic heterocycles. The zero-order valence-electron chi connectivity index (χ0n) is 13.8. The lowest BCUT2D eigenvalue weighted by Gasteiger charge is -2.44. The van der Waals surface area contributed by atoms with Crippen LogP contribution in [-0.4, -0.2) is 31.1 Å². The highest BCUT2D eigenvalue weighted by atomic mass is 19.4. The predicted octanol–water partition coefficient (Wildman–Crippen LogP) is 3.59. The van der Waals surface area contributed by atoms with Gasteiger partial charge in [0.2, 0.25) is 0 Å². The van der Waals surface area contributed by atoms with Crippen LogP contribution in [0.5, 0.6) is 5.75 Å². The molecule has 0 aliphatic carbocycles. The van der Waals surface area contributed by atoms with Crippen LogP contribution in [0, 0.1) is 0 Å². The fraction of sp³-hybridized carbons (Fsp3) is 0.368. The van der Waals surface area contributed by atoms with Crippen molar-refractivity contribution in [3.63, 3.8) is 0 Å². The molecular formula is C19H19F3N2O. The Morgan fingerprint density at radius 1 is 1.08 bits per heavy atom. The normalized spacial score (nSPS) is 20.9. The average molecular weight is 348 g/mol. The van der Waals surface area contributed by atoms with Crippen molar-refractivity contribution in [2.45, 2.75) is 24.9 Å². The maximum Gasteiger partial charge on any atom is 0.416 e. The third kappa shape index (κ3) is 2.89. The summed E-state index contributed by atoms with van der Waals surface area (Å²) in [5.74, 6) is 0.530. The summed E-state index contributed by atoms with van der Waals surface area (Å²) in [5.41, 5.74) is 2.00. The van der Waals surface area contributed by atoms with Gasteiger partial charge in [-0.2, -0.15) is 13.2 Å². The molecule has 1 unspecified atom stereocenters. The summed E-state index contributed by atoms with van der Waals surface area (Å²) in [4.78, 5) is 2.20. The lowest BCUT2D eigenvalue weighted by molar-refractivity contribution is -0.137. The molecule has 0 radical (unpaired) electrons. The summed E-state index contributed by atoms with van der Waals surface area (Å²) in [7, 11) is 1.90. The number of nitrogens with one attached hydrogen (secondary N) is 1. The number of ether oxygens (including phenoxy) is 1. The number of hydrogen-bond donors (Lipinski definition) is 1. The number of fused-ring (bicyclic) bond motifs is 2. The lowest BCUT2D eigenvalue weighted by Crippen LogP contribution is -2.58. The second kappa shape index (κ2) is 6.04. The molecule has 25 heavy (non-hydrogen) atoms. The van der Waals surface area contributed by atoms with E-state index in [0.29, 0.717) is 24.0 Å². The SMILES string of the molecule is CNC1CN(C2c3ccccc3COc3ccc(C(F)(F)F)cc32)C1. The van der Waals surface area contributed by atoms with Gasteiger partial charge in [0, 0.05) is 24.7 Å². The number of halogens is 3. The van der Waals surface area contributed by atoms with Gasteiger partial charge in [-0.05, 0) is 36.4 Å². The quantitative estimate of drug-likeness (QED) is 0.898. The zero-order chi connectivity index (χ0) is 17.6. The average Bonchev–Trinajstić information content (AvgIpc) is 2.70. The standard InChI is InChI=1S/C19H19F3N2O/c1-23-14-9-24(10-14)18-15-5-3-2-4-12(15)11-25-17-7-6-13(8-16(17)18)19(20,21)22/h2-8,14,18,23H,9-11H2,1H3. The third-order valence-electron chi connectivity index (χ3n) is 5.05. The first-order valence-electron chi connectivity index (χ1n) is 8.30. The predicted molar refractivity (Wildman–Crippen MR) is 88.5 cm³/mol. The number of likely N-dealkylation sites (N-methyl/N-ethyl adjacent to an activating group) is 1. The Morgan fingerprint density at radius 2 is 1.84 bits per heavy atom. The van der Waals surface area contributed by atoms with E-state index in [2.05, 4.69) is 10.2 Å². The number of benzene rings is 2. The van der Waals surface area contributed by atoms with Gasteiger partial charge >= 0.3 is 6.18 Å². The molecule has 0 saturated carbocycles. The zero-order valence-corrected chi connectivity index (χ0v) is 13.8. The molecule has 2 heterocycles. The van der Waals surface area contributed by atoms with Gasteiger partial charge in [-0.1, -0.05) is 24.3 Å². The molecule has 2 aliphatic rings. The van der Waals surface area contributed by atoms with Gasteiger partial charge in [-0.3, -0.25) is 4.90 Å². The van der Waals surface area contributed by atoms with Gasteiger partial charge in [0.15, 0.2) is 0 Å². The molecule has 1 atom stereocenters. The highest BCUT2D eigenvalue weighted by Gasteiger charge is 2.39. The van der Waals surface area contributed by atoms with Crippen LogP contribution in [0.4, 0.5) is 13.2 Å². The highest BCUT2D eigenvalue weighted by molar-refractivity contribution is 5.48. The third-order valence-corrected chi connectivity index (χ3v) is 5.05. The maximum absolute atomic E-state index is 13.2. The van der Waals surface area contributed by atoms with Crippen molar-refractivity contribution < 1.29 is 17.9 Å². The molecule has 2 aromatic rings. The van der Waals surface area contributed by atoms with Crippen molar-refractivity contribution in [2.24, 2.45) is 0 Å². The fourth-order valence-corrected chi connectivity index (χ4v) is 3.62. The van der Waals surface area contributed by atoms with Gasteiger partial charge in [0.05, 0.1) is 11.6 Å². The Balaban J connectivity index is 1.83. The van der Waals surface area contributed by atoms with Crippen LogP contribution in [0.2, 0.25) is 0 Å². The topological polar surface area (TPSA) is 24.5 Å². The van der Waals surface area contributed by atoms with Crippen molar-refractivity contribution in [3.05, 3.63) is 64.7 Å². The molecule has 2 aliphatic heterocycles. The van der Waals surface area contributed by atoms with Crippen molar-refractivity contribution in [1.29, 1.82) is 0 Å². The van der Waals surface area contributed by atoms with E-state index in [0.717, 1.165) is 30.3 Å². The summed E-state index contributed by atoms with van der Waals surface area (Å²) in [6.07, 6.45) is -4.37. The van der Waals surface area contributed by atoms with E-state index in [9.17, 15) is 13.2 Å². The number of rotatable bonds is 2. The summed E-state index contributed by atoms with van der Waals surface area (Å²) >= 11 is 0. The van der Waals surface area contributed by atoms with Crippen molar-refractivity contribution in [2.75, 3.05) is 20.1 Å². The Labute approximate surface area is 144 Å². The van der Waals surface area contributed by atoms with Gasteiger partial charge in [0.25, 0.3) is 0 Å². The van der Waals surface area contributed by atoms with Gasteiger partial charge < -0.3 is 10.1 Å². The number of nitrogens with zero attached hydrogens (tertiary/aromatic N) is 1. The highest BCUT2D eigenvalue weighted by Crippen LogP contribution is 2.43. The molecule has 2 aromatic carbocycles. The monoisotopic (exact) mass is 348 g/mol. The van der Waals surface area contributed by atoms with Crippen molar-refractivity contribution in [3.8, 4) is 5.75 Å². The maximum atomic E-state index is 13.2. The smallest absolute Gasteiger partial charge is 0.416 e. The van der Waals surface area contributed by atoms with Crippen LogP contribution >= 0.6 is 0 Å². The van der Waals surface area contributed by atoms with Gasteiger partial charge in [-0.15, -0.1) is 0 Å². The molecule has 3 nitrogen and oxygen atoms in total. The Bertz CT molecular complexity index is 784. The van der Waals surface area contributed by atoms with Gasteiger partial charge in [-0.25, -0.2) is 0 Å². The van der Waals surface area contributed by atoms with Crippen LogP contribution in [0.1, 0.15) is 28.3 Å². The molecule has 132 valence electrons. The number of likely N-dealkylation sites (tertiary alicyclic amines) is 1. The molecule has 1 saturated heterocycles. The Morgan fingerprint density at radius 3 is 2.56 bits per heavy atom. The van der Waals surface area contributed by atoms with E-state index in [1.54, 1.807) is 0 Å². The first-order valence-corrected chi connectivity index (χ1v) is 8.30. The van der Waals surface area contributed by atoms with E-state index in [4.69, 9.17) is 4.74 Å². The number of hydrogen-bond acceptors (Lipinski definition) is 3. The molecule has 1 N–H and O–H groups in total. The second-order valence-corrected chi connectivity index (χ2v) is 6.58. The van der Waals surface area contributed by atoms with E-state index in [1.807, 2.05) is 31.3 Å². The van der Waals surface area contributed by atoms with Gasteiger partial charge in [0.1, 0.15) is 12.4 Å². The van der Waals surface area contributed by atoms with Crippen LogP contribution < -0.4 is 10.1 Å². The van der Waals surface area contributed by atoms with Crippen LogP contribution in [-0.2, 0) is 12.8 Å². The number of alkyl halides is 3. The summed E-state index contributed by atoms with van der Waals surface area (Å²) in [6, 6.07) is 11.8. The Hall–Kier alpha value is -2.05.